The SMILES string of the molecule is Fc1ccccc1C1(Oc2ncc(-c3nnc(C(F)F)o3)cn2)CCC1. The highest BCUT2D eigenvalue weighted by molar-refractivity contribution is 5.49. The van der Waals surface area contributed by atoms with E-state index in [9.17, 15) is 13.2 Å². The average molecular weight is 362 g/mol. The topological polar surface area (TPSA) is 73.9 Å². The average Bonchev–Trinajstić information content (AvgIpc) is 3.10. The van der Waals surface area contributed by atoms with Gasteiger partial charge in [-0.05, 0) is 25.3 Å². The summed E-state index contributed by atoms with van der Waals surface area (Å²) in [6.45, 7) is 0. The molecule has 0 unspecified atom stereocenters. The van der Waals surface area contributed by atoms with Gasteiger partial charge in [0.1, 0.15) is 11.4 Å². The highest BCUT2D eigenvalue weighted by Gasteiger charge is 2.43. The molecule has 26 heavy (non-hydrogen) atoms. The van der Waals surface area contributed by atoms with Gasteiger partial charge in [-0.15, -0.1) is 10.2 Å². The lowest BCUT2D eigenvalue weighted by Crippen LogP contribution is -2.41. The molecule has 0 saturated heterocycles. The summed E-state index contributed by atoms with van der Waals surface area (Å²) < 4.78 is 49.9. The lowest BCUT2D eigenvalue weighted by atomic mass is 9.74. The van der Waals surface area contributed by atoms with E-state index in [1.54, 1.807) is 18.2 Å². The van der Waals surface area contributed by atoms with E-state index in [4.69, 9.17) is 9.15 Å². The van der Waals surface area contributed by atoms with Gasteiger partial charge in [-0.2, -0.15) is 8.78 Å². The molecular weight excluding hydrogens is 349 g/mol. The summed E-state index contributed by atoms with van der Waals surface area (Å²) in [6, 6.07) is 6.51. The Morgan fingerprint density at radius 2 is 1.81 bits per heavy atom. The van der Waals surface area contributed by atoms with Crippen molar-refractivity contribution in [2.75, 3.05) is 0 Å². The lowest BCUT2D eigenvalue weighted by molar-refractivity contribution is -0.0231. The van der Waals surface area contributed by atoms with Gasteiger partial charge in [0.2, 0.25) is 0 Å². The number of rotatable bonds is 5. The monoisotopic (exact) mass is 362 g/mol. The number of hydrogen-bond donors (Lipinski definition) is 0. The van der Waals surface area contributed by atoms with Gasteiger partial charge in [0.15, 0.2) is 0 Å². The van der Waals surface area contributed by atoms with Crippen LogP contribution < -0.4 is 4.74 Å². The third kappa shape index (κ3) is 2.89. The number of aromatic nitrogens is 4. The maximum absolute atomic E-state index is 14.2. The molecule has 0 amide bonds. The molecule has 4 rings (SSSR count). The first-order valence-electron chi connectivity index (χ1n) is 7.95. The van der Waals surface area contributed by atoms with E-state index in [0.717, 1.165) is 6.42 Å². The minimum atomic E-state index is -2.85. The molecule has 1 aromatic carbocycles. The van der Waals surface area contributed by atoms with Crippen molar-refractivity contribution in [1.29, 1.82) is 0 Å². The van der Waals surface area contributed by atoms with Crippen molar-refractivity contribution in [2.24, 2.45) is 0 Å². The zero-order valence-electron chi connectivity index (χ0n) is 13.4. The number of benzene rings is 1. The standard InChI is InChI=1S/C17H13F3N4O2/c18-12-5-2-1-4-11(12)17(6-3-7-17)26-16-21-8-10(9-22-16)14-23-24-15(25-14)13(19)20/h1-2,4-5,8-9,13H,3,6-7H2. The van der Waals surface area contributed by atoms with Crippen LogP contribution in [0.1, 0.15) is 37.1 Å². The molecule has 1 saturated carbocycles. The molecule has 0 atom stereocenters. The first-order chi connectivity index (χ1) is 12.6. The Hall–Kier alpha value is -2.97. The van der Waals surface area contributed by atoms with Gasteiger partial charge in [-0.25, -0.2) is 14.4 Å². The molecule has 6 nitrogen and oxygen atoms in total. The van der Waals surface area contributed by atoms with Crippen LogP contribution in [0.4, 0.5) is 13.2 Å². The van der Waals surface area contributed by atoms with Gasteiger partial charge in [-0.1, -0.05) is 18.2 Å². The summed E-state index contributed by atoms with van der Waals surface area (Å²) in [5.41, 5.74) is -0.0390. The molecule has 0 bridgehead atoms. The second-order valence-corrected chi connectivity index (χ2v) is 5.93. The fourth-order valence-corrected chi connectivity index (χ4v) is 2.85. The fraction of sp³-hybridized carbons (Fsp3) is 0.294. The molecule has 2 aromatic heterocycles. The van der Waals surface area contributed by atoms with Crippen LogP contribution in [0.3, 0.4) is 0 Å². The van der Waals surface area contributed by atoms with Gasteiger partial charge in [0.25, 0.3) is 11.8 Å². The predicted molar refractivity (Wildman–Crippen MR) is 82.8 cm³/mol. The summed E-state index contributed by atoms with van der Waals surface area (Å²) in [6.07, 6.45) is 2.03. The van der Waals surface area contributed by atoms with Gasteiger partial charge in [0, 0.05) is 18.0 Å². The Balaban J connectivity index is 1.56. The van der Waals surface area contributed by atoms with Gasteiger partial charge >= 0.3 is 12.4 Å². The summed E-state index contributed by atoms with van der Waals surface area (Å²) in [4.78, 5) is 8.12. The van der Waals surface area contributed by atoms with Crippen molar-refractivity contribution < 1.29 is 22.3 Å². The third-order valence-electron chi connectivity index (χ3n) is 4.32. The first kappa shape index (κ1) is 16.5. The first-order valence-corrected chi connectivity index (χ1v) is 7.95. The van der Waals surface area contributed by atoms with Crippen LogP contribution in [0.5, 0.6) is 6.01 Å². The highest BCUT2D eigenvalue weighted by atomic mass is 19.3. The van der Waals surface area contributed by atoms with Crippen LogP contribution in [0, 0.1) is 5.82 Å². The Morgan fingerprint density at radius 1 is 1.08 bits per heavy atom. The summed E-state index contributed by atoms with van der Waals surface area (Å²) in [7, 11) is 0. The van der Waals surface area contributed by atoms with Crippen LogP contribution in [-0.2, 0) is 5.60 Å². The number of halogens is 3. The second-order valence-electron chi connectivity index (χ2n) is 5.93. The molecule has 3 aromatic rings. The number of hydrogen-bond acceptors (Lipinski definition) is 6. The Morgan fingerprint density at radius 3 is 2.38 bits per heavy atom. The minimum Gasteiger partial charge on any atom is -0.452 e. The van der Waals surface area contributed by atoms with Crippen LogP contribution in [0.15, 0.2) is 41.1 Å². The van der Waals surface area contributed by atoms with Crippen molar-refractivity contribution in [3.8, 4) is 17.5 Å². The van der Waals surface area contributed by atoms with E-state index in [2.05, 4.69) is 20.2 Å². The normalized spacial score (nSPS) is 15.7. The quantitative estimate of drug-likeness (QED) is 0.681. The summed E-state index contributed by atoms with van der Waals surface area (Å²) in [5, 5.41) is 6.78. The maximum Gasteiger partial charge on any atom is 0.317 e. The van der Waals surface area contributed by atoms with Crippen LogP contribution >= 0.6 is 0 Å². The van der Waals surface area contributed by atoms with Gasteiger partial charge in [-0.3, -0.25) is 0 Å². The molecule has 0 radical (unpaired) electrons. The molecule has 9 heteroatoms. The van der Waals surface area contributed by atoms with Gasteiger partial charge in [0.05, 0.1) is 5.56 Å². The second kappa shape index (κ2) is 6.40. The molecule has 0 N–H and O–H groups in total. The molecule has 0 aliphatic heterocycles. The van der Waals surface area contributed by atoms with Crippen LogP contribution in [-0.4, -0.2) is 20.2 Å². The molecule has 134 valence electrons. The zero-order chi connectivity index (χ0) is 18.1. The van der Waals surface area contributed by atoms with E-state index < -0.39 is 17.9 Å². The molecule has 0 spiro atoms. The number of ether oxygens (including phenoxy) is 1. The van der Waals surface area contributed by atoms with Crippen molar-refractivity contribution in [1.82, 2.24) is 20.2 Å². The largest absolute Gasteiger partial charge is 0.452 e. The van der Waals surface area contributed by atoms with Crippen LogP contribution in [0.2, 0.25) is 0 Å². The van der Waals surface area contributed by atoms with Crippen LogP contribution in [0.25, 0.3) is 11.5 Å². The lowest BCUT2D eigenvalue weighted by Gasteiger charge is -2.41. The summed E-state index contributed by atoms with van der Waals surface area (Å²) >= 11 is 0. The zero-order valence-corrected chi connectivity index (χ0v) is 13.4. The summed E-state index contributed by atoms with van der Waals surface area (Å²) in [5.74, 6) is -1.22. The molecule has 2 heterocycles. The molecule has 1 aliphatic rings. The van der Waals surface area contributed by atoms with Gasteiger partial charge < -0.3 is 9.15 Å². The van der Waals surface area contributed by atoms with E-state index in [1.807, 2.05) is 0 Å². The minimum absolute atomic E-state index is 0.0605. The Labute approximate surface area is 146 Å². The third-order valence-corrected chi connectivity index (χ3v) is 4.32. The fourth-order valence-electron chi connectivity index (χ4n) is 2.85. The van der Waals surface area contributed by atoms with Crippen molar-refractivity contribution in [3.05, 3.63) is 53.9 Å². The van der Waals surface area contributed by atoms with Crippen molar-refractivity contribution in [2.45, 2.75) is 31.3 Å². The van der Waals surface area contributed by atoms with E-state index in [-0.39, 0.29) is 23.3 Å². The Kier molecular flexibility index (Phi) is 4.06. The maximum atomic E-state index is 14.2. The Bertz CT molecular complexity index is 910. The van der Waals surface area contributed by atoms with Crippen molar-refractivity contribution >= 4 is 0 Å². The molecular formula is C17H13F3N4O2. The van der Waals surface area contributed by atoms with E-state index >= 15 is 0 Å². The van der Waals surface area contributed by atoms with Crippen molar-refractivity contribution in [3.63, 3.8) is 0 Å². The molecule has 1 aliphatic carbocycles. The van der Waals surface area contributed by atoms with E-state index in [1.165, 1.54) is 18.5 Å². The van der Waals surface area contributed by atoms with E-state index in [0.29, 0.717) is 18.4 Å². The highest BCUT2D eigenvalue weighted by Crippen LogP contribution is 2.45. The predicted octanol–water partition coefficient (Wildman–Crippen LogP) is 4.06. The number of alkyl halides is 2. The number of nitrogens with zero attached hydrogens (tertiary/aromatic N) is 4. The smallest absolute Gasteiger partial charge is 0.317 e. The molecule has 1 fully saturated rings.